The number of nitrogens with one attached hydrogen (secondary N) is 1. The van der Waals surface area contributed by atoms with Gasteiger partial charge in [0.15, 0.2) is 11.5 Å². The molecule has 0 aromatic heterocycles. The maximum Gasteiger partial charge on any atom is 0.231 e. The minimum atomic E-state index is -0.370. The van der Waals surface area contributed by atoms with Crippen LogP contribution >= 0.6 is 0 Å². The first-order valence-corrected chi connectivity index (χ1v) is 9.73. The van der Waals surface area contributed by atoms with Crippen LogP contribution in [0, 0.1) is 24.7 Å². The van der Waals surface area contributed by atoms with Crippen molar-refractivity contribution in [3.05, 3.63) is 48.0 Å². The highest BCUT2D eigenvalue weighted by molar-refractivity contribution is 6.00. The minimum Gasteiger partial charge on any atom is -0.481 e. The van der Waals surface area contributed by atoms with Crippen molar-refractivity contribution in [1.82, 2.24) is 5.32 Å². The Balaban J connectivity index is 1.21. The van der Waals surface area contributed by atoms with Crippen molar-refractivity contribution in [2.75, 3.05) is 31.4 Å². The number of carbonyl (C=O) groups is 2. The Labute approximate surface area is 174 Å². The first-order valence-electron chi connectivity index (χ1n) is 9.73. The van der Waals surface area contributed by atoms with Crippen LogP contribution in [-0.2, 0) is 9.59 Å². The quantitative estimate of drug-likeness (QED) is 0.771. The van der Waals surface area contributed by atoms with Gasteiger partial charge in [-0.05, 0) is 31.2 Å². The molecule has 1 saturated heterocycles. The standard InChI is InChI=1S/C23H22N2O5/c1-16-4-6-18(7-5-16)25-14-17(12-22(25)26)23(27)24-10-2-3-11-28-19-8-9-20-21(13-19)30-15-29-20/h4-9,13,17H,10-12,14-15H2,1H3,(H,24,27). The number of hydrogen-bond acceptors (Lipinski definition) is 5. The van der Waals surface area contributed by atoms with E-state index >= 15 is 0 Å². The van der Waals surface area contributed by atoms with Crippen LogP contribution in [0.25, 0.3) is 0 Å². The Morgan fingerprint density at radius 3 is 2.80 bits per heavy atom. The number of rotatable bonds is 5. The molecule has 1 unspecified atom stereocenters. The fourth-order valence-electron chi connectivity index (χ4n) is 3.33. The number of aryl methyl sites for hydroxylation is 1. The maximum atomic E-state index is 12.4. The Morgan fingerprint density at radius 1 is 1.17 bits per heavy atom. The molecule has 0 spiro atoms. The van der Waals surface area contributed by atoms with Crippen LogP contribution in [0.3, 0.4) is 0 Å². The lowest BCUT2D eigenvalue weighted by atomic mass is 10.1. The molecule has 2 aliphatic rings. The van der Waals surface area contributed by atoms with E-state index in [0.29, 0.717) is 23.8 Å². The molecule has 2 amide bonds. The van der Waals surface area contributed by atoms with Gasteiger partial charge in [-0.2, -0.15) is 0 Å². The summed E-state index contributed by atoms with van der Waals surface area (Å²) in [6.07, 6.45) is 0.209. The van der Waals surface area contributed by atoms with E-state index in [1.807, 2.05) is 31.2 Å². The molecule has 0 bridgehead atoms. The number of anilines is 1. The van der Waals surface area contributed by atoms with E-state index in [9.17, 15) is 9.59 Å². The molecular weight excluding hydrogens is 384 g/mol. The maximum absolute atomic E-state index is 12.4. The largest absolute Gasteiger partial charge is 0.481 e. The zero-order valence-electron chi connectivity index (χ0n) is 16.6. The lowest BCUT2D eigenvalue weighted by molar-refractivity contribution is -0.126. The molecule has 0 radical (unpaired) electrons. The molecule has 7 heteroatoms. The van der Waals surface area contributed by atoms with Crippen molar-refractivity contribution in [2.45, 2.75) is 13.3 Å². The monoisotopic (exact) mass is 406 g/mol. The van der Waals surface area contributed by atoms with Crippen molar-refractivity contribution < 1.29 is 23.8 Å². The number of ether oxygens (including phenoxy) is 3. The SMILES string of the molecule is Cc1ccc(N2CC(C(=O)NCC#CCOc3ccc4c(c3)OCO4)CC2=O)cc1. The molecule has 1 N–H and O–H groups in total. The summed E-state index contributed by atoms with van der Waals surface area (Å²) in [6, 6.07) is 13.0. The zero-order chi connectivity index (χ0) is 20.9. The Morgan fingerprint density at radius 2 is 1.97 bits per heavy atom. The molecule has 0 aliphatic carbocycles. The van der Waals surface area contributed by atoms with Gasteiger partial charge in [0.2, 0.25) is 18.6 Å². The summed E-state index contributed by atoms with van der Waals surface area (Å²) < 4.78 is 16.1. The van der Waals surface area contributed by atoms with Gasteiger partial charge in [-0.1, -0.05) is 29.5 Å². The predicted molar refractivity (Wildman–Crippen MR) is 110 cm³/mol. The Bertz CT molecular complexity index is 1010. The second kappa shape index (κ2) is 8.78. The van der Waals surface area contributed by atoms with Gasteiger partial charge in [-0.25, -0.2) is 0 Å². The molecular formula is C23H22N2O5. The molecule has 2 aromatic carbocycles. The third kappa shape index (κ3) is 4.49. The first-order chi connectivity index (χ1) is 14.6. The van der Waals surface area contributed by atoms with Crippen LogP contribution in [0.4, 0.5) is 5.69 Å². The molecule has 2 heterocycles. The van der Waals surface area contributed by atoms with Crippen molar-refractivity contribution in [1.29, 1.82) is 0 Å². The number of carbonyl (C=O) groups excluding carboxylic acids is 2. The van der Waals surface area contributed by atoms with E-state index in [2.05, 4.69) is 17.2 Å². The average molecular weight is 406 g/mol. The van der Waals surface area contributed by atoms with Gasteiger partial charge in [0, 0.05) is 24.7 Å². The highest BCUT2D eigenvalue weighted by Gasteiger charge is 2.34. The van der Waals surface area contributed by atoms with Crippen molar-refractivity contribution in [2.24, 2.45) is 5.92 Å². The molecule has 2 aliphatic heterocycles. The van der Waals surface area contributed by atoms with Crippen LogP contribution in [0.2, 0.25) is 0 Å². The van der Waals surface area contributed by atoms with Crippen LogP contribution in [0.15, 0.2) is 42.5 Å². The van der Waals surface area contributed by atoms with Crippen molar-refractivity contribution >= 4 is 17.5 Å². The summed E-state index contributed by atoms with van der Waals surface area (Å²) in [6.45, 7) is 2.99. The van der Waals surface area contributed by atoms with Gasteiger partial charge in [0.25, 0.3) is 0 Å². The molecule has 30 heavy (non-hydrogen) atoms. The number of hydrogen-bond donors (Lipinski definition) is 1. The summed E-state index contributed by atoms with van der Waals surface area (Å²) in [4.78, 5) is 26.3. The summed E-state index contributed by atoms with van der Waals surface area (Å²) in [5, 5.41) is 2.78. The van der Waals surface area contributed by atoms with E-state index in [0.717, 1.165) is 11.3 Å². The minimum absolute atomic E-state index is 0.0396. The summed E-state index contributed by atoms with van der Waals surface area (Å²) >= 11 is 0. The van der Waals surface area contributed by atoms with Gasteiger partial charge >= 0.3 is 0 Å². The predicted octanol–water partition coefficient (Wildman–Crippen LogP) is 2.28. The molecule has 2 aromatic rings. The van der Waals surface area contributed by atoms with Gasteiger partial charge in [0.05, 0.1) is 12.5 Å². The Hall–Kier alpha value is -3.66. The van der Waals surface area contributed by atoms with Gasteiger partial charge in [0.1, 0.15) is 12.4 Å². The van der Waals surface area contributed by atoms with Crippen LogP contribution in [-0.4, -0.2) is 38.3 Å². The van der Waals surface area contributed by atoms with Crippen LogP contribution in [0.5, 0.6) is 17.2 Å². The zero-order valence-corrected chi connectivity index (χ0v) is 16.6. The fraction of sp³-hybridized carbons (Fsp3) is 0.304. The van der Waals surface area contributed by atoms with E-state index in [1.165, 1.54) is 0 Å². The molecule has 1 fully saturated rings. The molecule has 154 valence electrons. The lowest BCUT2D eigenvalue weighted by Crippen LogP contribution is -2.33. The smallest absolute Gasteiger partial charge is 0.231 e. The second-order valence-corrected chi connectivity index (χ2v) is 7.12. The highest BCUT2D eigenvalue weighted by atomic mass is 16.7. The number of nitrogens with zero attached hydrogens (tertiary/aromatic N) is 1. The van der Waals surface area contributed by atoms with Crippen molar-refractivity contribution in [3.8, 4) is 29.1 Å². The van der Waals surface area contributed by atoms with E-state index in [4.69, 9.17) is 14.2 Å². The van der Waals surface area contributed by atoms with Gasteiger partial charge in [-0.3, -0.25) is 9.59 Å². The molecule has 0 saturated carbocycles. The van der Waals surface area contributed by atoms with Gasteiger partial charge in [-0.15, -0.1) is 0 Å². The number of benzene rings is 2. The summed E-state index contributed by atoms with van der Waals surface area (Å²) in [5.41, 5.74) is 1.95. The van der Waals surface area contributed by atoms with Gasteiger partial charge < -0.3 is 24.4 Å². The molecule has 7 nitrogen and oxygen atoms in total. The number of amides is 2. The van der Waals surface area contributed by atoms with Crippen LogP contribution < -0.4 is 24.4 Å². The van der Waals surface area contributed by atoms with E-state index in [1.54, 1.807) is 23.1 Å². The van der Waals surface area contributed by atoms with Crippen molar-refractivity contribution in [3.63, 3.8) is 0 Å². The van der Waals surface area contributed by atoms with Crippen LogP contribution in [0.1, 0.15) is 12.0 Å². The van der Waals surface area contributed by atoms with E-state index in [-0.39, 0.29) is 44.1 Å². The summed E-state index contributed by atoms with van der Waals surface area (Å²) in [7, 11) is 0. The topological polar surface area (TPSA) is 77.1 Å². The fourth-order valence-corrected chi connectivity index (χ4v) is 3.33. The average Bonchev–Trinajstić information content (AvgIpc) is 3.37. The second-order valence-electron chi connectivity index (χ2n) is 7.12. The molecule has 4 rings (SSSR count). The third-order valence-corrected chi connectivity index (χ3v) is 4.97. The Kier molecular flexibility index (Phi) is 5.75. The van der Waals surface area contributed by atoms with E-state index < -0.39 is 0 Å². The normalized spacial score (nSPS) is 16.8. The first kappa shape index (κ1) is 19.6. The number of fused-ring (bicyclic) bond motifs is 1. The highest BCUT2D eigenvalue weighted by Crippen LogP contribution is 2.35. The third-order valence-electron chi connectivity index (χ3n) is 4.97. The summed E-state index contributed by atoms with van der Waals surface area (Å²) in [5.74, 6) is 7.13. The molecule has 1 atom stereocenters. The lowest BCUT2D eigenvalue weighted by Gasteiger charge is -2.16.